The molecule has 0 aliphatic rings. The summed E-state index contributed by atoms with van der Waals surface area (Å²) in [6.45, 7) is 0.302. The Kier molecular flexibility index (Phi) is 6.81. The second-order valence-electron chi connectivity index (χ2n) is 5.15. The van der Waals surface area contributed by atoms with Gasteiger partial charge in [-0.25, -0.2) is 5.43 Å². The lowest BCUT2D eigenvalue weighted by Crippen LogP contribution is -2.38. The van der Waals surface area contributed by atoms with Crippen molar-refractivity contribution in [2.45, 2.75) is 6.42 Å². The lowest BCUT2D eigenvalue weighted by molar-refractivity contribution is -0.384. The van der Waals surface area contributed by atoms with Crippen LogP contribution >= 0.6 is 11.6 Å². The maximum absolute atomic E-state index is 11.7. The van der Waals surface area contributed by atoms with Crippen LogP contribution in [0.4, 0.5) is 5.69 Å². The van der Waals surface area contributed by atoms with Crippen molar-refractivity contribution < 1.29 is 14.5 Å². The van der Waals surface area contributed by atoms with Gasteiger partial charge in [0.05, 0.1) is 11.1 Å². The minimum atomic E-state index is -0.948. The summed E-state index contributed by atoms with van der Waals surface area (Å²) in [4.78, 5) is 33.5. The van der Waals surface area contributed by atoms with Gasteiger partial charge in [-0.3, -0.25) is 19.7 Å². The Balaban J connectivity index is 1.83. The van der Waals surface area contributed by atoms with Crippen molar-refractivity contribution >= 4 is 35.3 Å². The third-order valence-electron chi connectivity index (χ3n) is 3.31. The van der Waals surface area contributed by atoms with Crippen molar-refractivity contribution in [1.29, 1.82) is 0 Å². The van der Waals surface area contributed by atoms with Gasteiger partial charge in [0, 0.05) is 29.3 Å². The van der Waals surface area contributed by atoms with Crippen LogP contribution in [0.5, 0.6) is 0 Å². The van der Waals surface area contributed by atoms with Gasteiger partial charge in [0.2, 0.25) is 0 Å². The van der Waals surface area contributed by atoms with Crippen LogP contribution in [0.2, 0.25) is 5.02 Å². The molecule has 2 rings (SSSR count). The van der Waals surface area contributed by atoms with E-state index in [1.165, 1.54) is 18.2 Å². The second-order valence-corrected chi connectivity index (χ2v) is 5.56. The van der Waals surface area contributed by atoms with Crippen molar-refractivity contribution in [3.05, 3.63) is 74.8 Å². The number of benzene rings is 2. The van der Waals surface area contributed by atoms with Gasteiger partial charge < -0.3 is 5.32 Å². The van der Waals surface area contributed by atoms with E-state index < -0.39 is 16.7 Å². The van der Waals surface area contributed by atoms with E-state index in [9.17, 15) is 19.7 Å². The van der Waals surface area contributed by atoms with E-state index in [-0.39, 0.29) is 16.3 Å². The number of rotatable bonds is 6. The summed E-state index contributed by atoms with van der Waals surface area (Å²) in [6.07, 6.45) is 1.72. The molecule has 2 aromatic carbocycles. The maximum Gasteiger partial charge on any atom is 0.329 e. The van der Waals surface area contributed by atoms with Crippen LogP contribution in [0.1, 0.15) is 11.1 Å². The van der Waals surface area contributed by atoms with Crippen LogP contribution in [-0.4, -0.2) is 29.5 Å². The molecule has 0 radical (unpaired) electrons. The number of nitro groups is 1. The summed E-state index contributed by atoms with van der Waals surface area (Å²) in [7, 11) is 0. The van der Waals surface area contributed by atoms with Gasteiger partial charge in [0.1, 0.15) is 0 Å². The van der Waals surface area contributed by atoms with Gasteiger partial charge >= 0.3 is 11.8 Å². The number of hydrazone groups is 1. The molecule has 0 saturated heterocycles. The van der Waals surface area contributed by atoms with E-state index in [0.717, 1.165) is 11.8 Å². The lowest BCUT2D eigenvalue weighted by atomic mass is 10.1. The summed E-state index contributed by atoms with van der Waals surface area (Å²) in [5, 5.41) is 17.0. The summed E-state index contributed by atoms with van der Waals surface area (Å²) in [5.41, 5.74) is 3.15. The van der Waals surface area contributed by atoms with Gasteiger partial charge in [0.15, 0.2) is 0 Å². The molecular weight excluding hydrogens is 360 g/mol. The molecule has 0 saturated carbocycles. The van der Waals surface area contributed by atoms with Crippen molar-refractivity contribution in [2.75, 3.05) is 6.54 Å². The Labute approximate surface area is 154 Å². The lowest BCUT2D eigenvalue weighted by Gasteiger charge is -2.04. The zero-order chi connectivity index (χ0) is 18.9. The number of hydrogen-bond acceptors (Lipinski definition) is 5. The Morgan fingerprint density at radius 3 is 2.58 bits per heavy atom. The number of amides is 2. The van der Waals surface area contributed by atoms with E-state index in [1.54, 1.807) is 0 Å². The highest BCUT2D eigenvalue weighted by Crippen LogP contribution is 2.20. The molecule has 0 heterocycles. The first kappa shape index (κ1) is 19.1. The highest BCUT2D eigenvalue weighted by molar-refractivity contribution is 6.35. The Morgan fingerprint density at radius 2 is 1.88 bits per heavy atom. The molecule has 0 fully saturated rings. The normalized spacial score (nSPS) is 10.5. The molecule has 0 bridgehead atoms. The van der Waals surface area contributed by atoms with Crippen molar-refractivity contribution in [1.82, 2.24) is 10.7 Å². The number of non-ortho nitro benzene ring substituents is 1. The standard InChI is InChI=1S/C17H15ClN4O4/c18-15-7-6-14(22(25)26)10-13(15)11-20-21-17(24)16(23)19-9-8-12-4-2-1-3-5-12/h1-7,10-11H,8-9H2,(H,19,23)(H,21,24)/b20-11-. The average Bonchev–Trinajstić information content (AvgIpc) is 2.63. The summed E-state index contributed by atoms with van der Waals surface area (Å²) in [5.74, 6) is -1.78. The van der Waals surface area contributed by atoms with E-state index in [2.05, 4.69) is 10.4 Å². The topological polar surface area (TPSA) is 114 Å². The molecule has 26 heavy (non-hydrogen) atoms. The second kappa shape index (κ2) is 9.28. The number of carbonyl (C=O) groups is 2. The Morgan fingerprint density at radius 1 is 1.15 bits per heavy atom. The van der Waals surface area contributed by atoms with Gasteiger partial charge in [-0.2, -0.15) is 5.10 Å². The molecular formula is C17H15ClN4O4. The first-order valence-electron chi connectivity index (χ1n) is 7.56. The molecule has 0 aromatic heterocycles. The van der Waals surface area contributed by atoms with E-state index >= 15 is 0 Å². The van der Waals surface area contributed by atoms with Gasteiger partial charge in [-0.1, -0.05) is 41.9 Å². The number of nitro benzene ring substituents is 1. The van der Waals surface area contributed by atoms with E-state index in [1.807, 2.05) is 35.8 Å². The molecule has 0 spiro atoms. The van der Waals surface area contributed by atoms with Crippen LogP contribution in [-0.2, 0) is 16.0 Å². The van der Waals surface area contributed by atoms with Crippen molar-refractivity contribution in [2.24, 2.45) is 5.10 Å². The average molecular weight is 375 g/mol. The minimum Gasteiger partial charge on any atom is -0.347 e. The molecule has 2 aromatic rings. The van der Waals surface area contributed by atoms with Crippen LogP contribution < -0.4 is 10.7 Å². The zero-order valence-corrected chi connectivity index (χ0v) is 14.3. The predicted octanol–water partition coefficient (Wildman–Crippen LogP) is 2.06. The number of hydrogen-bond donors (Lipinski definition) is 2. The maximum atomic E-state index is 11.7. The van der Waals surface area contributed by atoms with Crippen LogP contribution in [0.3, 0.4) is 0 Å². The highest BCUT2D eigenvalue weighted by Gasteiger charge is 2.12. The van der Waals surface area contributed by atoms with Crippen LogP contribution in [0.15, 0.2) is 53.6 Å². The van der Waals surface area contributed by atoms with Crippen LogP contribution in [0.25, 0.3) is 0 Å². The van der Waals surface area contributed by atoms with E-state index in [0.29, 0.717) is 13.0 Å². The highest BCUT2D eigenvalue weighted by atomic mass is 35.5. The fourth-order valence-corrected chi connectivity index (χ4v) is 2.17. The molecule has 0 atom stereocenters. The van der Waals surface area contributed by atoms with E-state index in [4.69, 9.17) is 11.6 Å². The first-order valence-corrected chi connectivity index (χ1v) is 7.94. The third-order valence-corrected chi connectivity index (χ3v) is 3.65. The molecule has 0 aliphatic heterocycles. The SMILES string of the molecule is O=C(NCCc1ccccc1)C(=O)N/N=C\c1cc([N+](=O)[O-])ccc1Cl. The monoisotopic (exact) mass is 374 g/mol. The van der Waals surface area contributed by atoms with Gasteiger partial charge in [0.25, 0.3) is 5.69 Å². The summed E-state index contributed by atoms with van der Waals surface area (Å²) < 4.78 is 0. The van der Waals surface area contributed by atoms with Crippen LogP contribution in [0, 0.1) is 10.1 Å². The van der Waals surface area contributed by atoms with Crippen molar-refractivity contribution in [3.63, 3.8) is 0 Å². The molecule has 9 heteroatoms. The number of nitrogens with zero attached hydrogens (tertiary/aromatic N) is 2. The Hall–Kier alpha value is -3.26. The molecule has 134 valence electrons. The van der Waals surface area contributed by atoms with Gasteiger partial charge in [-0.05, 0) is 18.1 Å². The quantitative estimate of drug-likeness (QED) is 0.348. The fraction of sp³-hybridized carbons (Fsp3) is 0.118. The molecule has 0 aliphatic carbocycles. The summed E-state index contributed by atoms with van der Waals surface area (Å²) in [6, 6.07) is 13.3. The predicted molar refractivity (Wildman–Crippen MR) is 97.0 cm³/mol. The Bertz CT molecular complexity index is 840. The smallest absolute Gasteiger partial charge is 0.329 e. The molecule has 0 unspecified atom stereocenters. The minimum absolute atomic E-state index is 0.166. The first-order chi connectivity index (χ1) is 12.5. The number of nitrogens with one attached hydrogen (secondary N) is 2. The largest absolute Gasteiger partial charge is 0.347 e. The third kappa shape index (κ3) is 5.67. The number of carbonyl (C=O) groups excluding carboxylic acids is 2. The van der Waals surface area contributed by atoms with Gasteiger partial charge in [-0.15, -0.1) is 0 Å². The molecule has 8 nitrogen and oxygen atoms in total. The summed E-state index contributed by atoms with van der Waals surface area (Å²) >= 11 is 5.90. The number of halogens is 1. The fourth-order valence-electron chi connectivity index (χ4n) is 2.00. The zero-order valence-electron chi connectivity index (χ0n) is 13.5. The van der Waals surface area contributed by atoms with Crippen molar-refractivity contribution in [3.8, 4) is 0 Å². The molecule has 2 N–H and O–H groups in total. The molecule has 2 amide bonds.